The van der Waals surface area contributed by atoms with Crippen LogP contribution in [0.3, 0.4) is 0 Å². The molecule has 1 atom stereocenters. The molecule has 3 rings (SSSR count). The maximum absolute atomic E-state index is 6.62. The normalized spacial score (nSPS) is 12.5. The largest absolute Gasteiger partial charge is 0.117 e. The Morgan fingerprint density at radius 3 is 2.40 bits per heavy atom. The third-order valence-corrected chi connectivity index (χ3v) is 4.63. The molecule has 0 bridgehead atoms. The molecule has 3 aromatic rings. The second-order valence-electron chi connectivity index (χ2n) is 4.83. The van der Waals surface area contributed by atoms with E-state index in [0.29, 0.717) is 0 Å². The van der Waals surface area contributed by atoms with E-state index in [1.807, 2.05) is 18.2 Å². The molecule has 20 heavy (non-hydrogen) atoms. The molecule has 1 unspecified atom stereocenters. The number of rotatable bonds is 3. The fraction of sp³-hybridized carbons (Fsp3) is 0.111. The number of alkyl halides is 1. The molecule has 0 aromatic heterocycles. The quantitative estimate of drug-likeness (QED) is 0.501. The lowest BCUT2D eigenvalue weighted by atomic mass is 9.98. The maximum Gasteiger partial charge on any atom is 0.0636 e. The molecule has 0 amide bonds. The van der Waals surface area contributed by atoms with Crippen LogP contribution in [0.4, 0.5) is 0 Å². The van der Waals surface area contributed by atoms with E-state index in [1.54, 1.807) is 0 Å². The summed E-state index contributed by atoms with van der Waals surface area (Å²) in [6.07, 6.45) is 0.825. The zero-order chi connectivity index (χ0) is 13.9. The molecule has 0 radical (unpaired) electrons. The Labute approximate surface area is 132 Å². The van der Waals surface area contributed by atoms with Crippen LogP contribution in [0.15, 0.2) is 71.2 Å². The lowest BCUT2D eigenvalue weighted by Gasteiger charge is -2.13. The average Bonchev–Trinajstić information content (AvgIpc) is 2.48. The van der Waals surface area contributed by atoms with Crippen LogP contribution >= 0.6 is 27.5 Å². The smallest absolute Gasteiger partial charge is 0.0636 e. The van der Waals surface area contributed by atoms with Gasteiger partial charge in [-0.15, -0.1) is 11.6 Å². The molecule has 0 spiro atoms. The fourth-order valence-corrected chi connectivity index (χ4v) is 3.55. The predicted molar refractivity (Wildman–Crippen MR) is 90.4 cm³/mol. The van der Waals surface area contributed by atoms with Crippen molar-refractivity contribution in [1.29, 1.82) is 0 Å². The standard InChI is InChI=1S/C18H14BrCl/c19-17-11-4-3-10-16(17)18(20)12-14-8-5-7-13-6-1-2-9-15(13)14/h1-11,18H,12H2. The first-order valence-corrected chi connectivity index (χ1v) is 7.84. The van der Waals surface area contributed by atoms with Gasteiger partial charge in [-0.2, -0.15) is 0 Å². The van der Waals surface area contributed by atoms with Crippen LogP contribution < -0.4 is 0 Å². The van der Waals surface area contributed by atoms with E-state index < -0.39 is 0 Å². The van der Waals surface area contributed by atoms with Crippen molar-refractivity contribution in [3.05, 3.63) is 82.3 Å². The summed E-state index contributed by atoms with van der Waals surface area (Å²) in [6, 6.07) is 23.0. The van der Waals surface area contributed by atoms with Gasteiger partial charge in [0.1, 0.15) is 0 Å². The minimum absolute atomic E-state index is 0.0311. The van der Waals surface area contributed by atoms with Gasteiger partial charge in [0.2, 0.25) is 0 Å². The molecule has 0 heterocycles. The minimum atomic E-state index is -0.0311. The van der Waals surface area contributed by atoms with E-state index in [-0.39, 0.29) is 5.38 Å². The first-order chi connectivity index (χ1) is 9.75. The van der Waals surface area contributed by atoms with Crippen molar-refractivity contribution < 1.29 is 0 Å². The van der Waals surface area contributed by atoms with Gasteiger partial charge < -0.3 is 0 Å². The van der Waals surface area contributed by atoms with Gasteiger partial charge in [-0.05, 0) is 34.4 Å². The molecule has 0 nitrogen and oxygen atoms in total. The van der Waals surface area contributed by atoms with E-state index >= 15 is 0 Å². The number of hydrogen-bond acceptors (Lipinski definition) is 0. The van der Waals surface area contributed by atoms with E-state index in [2.05, 4.69) is 64.5 Å². The molecule has 0 aliphatic carbocycles. The Morgan fingerprint density at radius 2 is 1.55 bits per heavy atom. The Morgan fingerprint density at radius 1 is 0.850 bits per heavy atom. The number of hydrogen-bond donors (Lipinski definition) is 0. The Balaban J connectivity index is 1.96. The first kappa shape index (κ1) is 13.7. The minimum Gasteiger partial charge on any atom is -0.117 e. The summed E-state index contributed by atoms with van der Waals surface area (Å²) < 4.78 is 1.07. The molecule has 0 saturated heterocycles. The second kappa shape index (κ2) is 5.99. The summed E-state index contributed by atoms with van der Waals surface area (Å²) in [6.45, 7) is 0. The molecule has 0 aliphatic rings. The first-order valence-electron chi connectivity index (χ1n) is 6.61. The average molecular weight is 346 g/mol. The van der Waals surface area contributed by atoms with Gasteiger partial charge in [0.15, 0.2) is 0 Å². The topological polar surface area (TPSA) is 0 Å². The molecule has 0 N–H and O–H groups in total. The highest BCUT2D eigenvalue weighted by Gasteiger charge is 2.13. The van der Waals surface area contributed by atoms with E-state index in [1.165, 1.54) is 16.3 Å². The molecule has 2 heteroatoms. The number of fused-ring (bicyclic) bond motifs is 1. The van der Waals surface area contributed by atoms with Gasteiger partial charge >= 0.3 is 0 Å². The molecular formula is C18H14BrCl. The van der Waals surface area contributed by atoms with Crippen molar-refractivity contribution >= 4 is 38.3 Å². The van der Waals surface area contributed by atoms with Gasteiger partial charge in [-0.25, -0.2) is 0 Å². The van der Waals surface area contributed by atoms with E-state index in [4.69, 9.17) is 11.6 Å². The highest BCUT2D eigenvalue weighted by molar-refractivity contribution is 9.10. The monoisotopic (exact) mass is 344 g/mol. The van der Waals surface area contributed by atoms with Gasteiger partial charge in [0.25, 0.3) is 0 Å². The van der Waals surface area contributed by atoms with Crippen LogP contribution in [0, 0.1) is 0 Å². The summed E-state index contributed by atoms with van der Waals surface area (Å²) in [5.74, 6) is 0. The van der Waals surface area contributed by atoms with Crippen molar-refractivity contribution in [2.24, 2.45) is 0 Å². The lowest BCUT2D eigenvalue weighted by Crippen LogP contribution is -1.97. The molecule has 0 fully saturated rings. The summed E-state index contributed by atoms with van der Waals surface area (Å²) in [4.78, 5) is 0. The van der Waals surface area contributed by atoms with Crippen molar-refractivity contribution in [2.75, 3.05) is 0 Å². The predicted octanol–water partition coefficient (Wildman–Crippen LogP) is 6.12. The zero-order valence-electron chi connectivity index (χ0n) is 10.9. The van der Waals surface area contributed by atoms with Gasteiger partial charge in [-0.3, -0.25) is 0 Å². The molecule has 100 valence electrons. The van der Waals surface area contributed by atoms with E-state index in [9.17, 15) is 0 Å². The second-order valence-corrected chi connectivity index (χ2v) is 6.21. The lowest BCUT2D eigenvalue weighted by molar-refractivity contribution is 0.922. The Kier molecular flexibility index (Phi) is 4.09. The van der Waals surface area contributed by atoms with Crippen molar-refractivity contribution in [1.82, 2.24) is 0 Å². The van der Waals surface area contributed by atoms with Gasteiger partial charge in [-0.1, -0.05) is 76.6 Å². The summed E-state index contributed by atoms with van der Waals surface area (Å²) in [5.41, 5.74) is 2.43. The summed E-state index contributed by atoms with van der Waals surface area (Å²) >= 11 is 10.2. The third-order valence-electron chi connectivity index (χ3n) is 3.52. The zero-order valence-corrected chi connectivity index (χ0v) is 13.2. The number of benzene rings is 3. The van der Waals surface area contributed by atoms with Gasteiger partial charge in [0, 0.05) is 4.47 Å². The van der Waals surface area contributed by atoms with Crippen LogP contribution in [0.25, 0.3) is 10.8 Å². The Bertz CT molecular complexity index is 731. The maximum atomic E-state index is 6.62. The van der Waals surface area contributed by atoms with Crippen LogP contribution in [0.5, 0.6) is 0 Å². The van der Waals surface area contributed by atoms with Crippen LogP contribution in [-0.4, -0.2) is 0 Å². The fourth-order valence-electron chi connectivity index (χ4n) is 2.50. The van der Waals surface area contributed by atoms with Crippen LogP contribution in [0.1, 0.15) is 16.5 Å². The summed E-state index contributed by atoms with van der Waals surface area (Å²) in [5, 5.41) is 2.52. The third kappa shape index (κ3) is 2.74. The number of halogens is 2. The van der Waals surface area contributed by atoms with Gasteiger partial charge in [0.05, 0.1) is 5.38 Å². The highest BCUT2D eigenvalue weighted by Crippen LogP contribution is 2.32. The van der Waals surface area contributed by atoms with Crippen LogP contribution in [-0.2, 0) is 6.42 Å². The van der Waals surface area contributed by atoms with Crippen molar-refractivity contribution in [3.8, 4) is 0 Å². The van der Waals surface area contributed by atoms with Crippen LogP contribution in [0.2, 0.25) is 0 Å². The summed E-state index contributed by atoms with van der Waals surface area (Å²) in [7, 11) is 0. The van der Waals surface area contributed by atoms with Crippen molar-refractivity contribution in [2.45, 2.75) is 11.8 Å². The SMILES string of the molecule is ClC(Cc1cccc2ccccc12)c1ccccc1Br. The molecule has 3 aromatic carbocycles. The molecular weight excluding hydrogens is 332 g/mol. The molecule has 0 saturated carbocycles. The highest BCUT2D eigenvalue weighted by atomic mass is 79.9. The molecule has 0 aliphatic heterocycles. The Hall–Kier alpha value is -1.31. The van der Waals surface area contributed by atoms with E-state index in [0.717, 1.165) is 16.5 Å². The van der Waals surface area contributed by atoms with Crippen molar-refractivity contribution in [3.63, 3.8) is 0 Å².